The van der Waals surface area contributed by atoms with Gasteiger partial charge >= 0.3 is 0 Å². The topological polar surface area (TPSA) is 46.1 Å². The third-order valence-corrected chi connectivity index (χ3v) is 6.81. The van der Waals surface area contributed by atoms with Crippen molar-refractivity contribution in [2.45, 2.75) is 18.9 Å². The summed E-state index contributed by atoms with van der Waals surface area (Å²) < 4.78 is 28.6. The van der Waals surface area contributed by atoms with E-state index in [2.05, 4.69) is 9.97 Å². The normalized spacial score (nSPS) is 11.2. The zero-order valence-corrected chi connectivity index (χ0v) is 19.5. The standard InChI is InChI=1S/C28H21F2N3OS/c29-22-14-24(30)27-25(15-22)35-28(32-27)33(18-19-8-7-13-31-17-19)26(34)16-23(20-9-3-1-4-10-20)21-11-5-2-6-12-21/h1-15,17,23H,16,18H2. The number of fused-ring (bicyclic) bond motifs is 1. The number of thiazole rings is 1. The van der Waals surface area contributed by atoms with Crippen molar-refractivity contribution in [2.75, 3.05) is 4.90 Å². The number of carbonyl (C=O) groups excluding carboxylic acids is 1. The van der Waals surface area contributed by atoms with E-state index in [9.17, 15) is 13.6 Å². The van der Waals surface area contributed by atoms with Gasteiger partial charge in [-0.05, 0) is 28.8 Å². The fourth-order valence-electron chi connectivity index (χ4n) is 4.08. The van der Waals surface area contributed by atoms with Gasteiger partial charge in [0.25, 0.3) is 0 Å². The molecular formula is C28H21F2N3OS. The Hall–Kier alpha value is -3.97. The van der Waals surface area contributed by atoms with Gasteiger partial charge in [0, 0.05) is 30.8 Å². The van der Waals surface area contributed by atoms with Crippen molar-refractivity contribution in [1.29, 1.82) is 0 Å². The number of halogens is 2. The fraction of sp³-hybridized carbons (Fsp3) is 0.107. The van der Waals surface area contributed by atoms with Crippen molar-refractivity contribution >= 4 is 32.6 Å². The molecule has 0 radical (unpaired) electrons. The van der Waals surface area contributed by atoms with Crippen molar-refractivity contribution in [3.63, 3.8) is 0 Å². The monoisotopic (exact) mass is 485 g/mol. The molecule has 0 saturated heterocycles. The summed E-state index contributed by atoms with van der Waals surface area (Å²) in [6, 6.07) is 25.4. The van der Waals surface area contributed by atoms with E-state index in [1.165, 1.54) is 11.0 Å². The Morgan fingerprint density at radius 2 is 1.60 bits per heavy atom. The number of benzene rings is 3. The smallest absolute Gasteiger partial charge is 0.230 e. The molecule has 35 heavy (non-hydrogen) atoms. The van der Waals surface area contributed by atoms with Crippen molar-refractivity contribution in [3.05, 3.63) is 126 Å². The number of aromatic nitrogens is 2. The van der Waals surface area contributed by atoms with Gasteiger partial charge in [-0.2, -0.15) is 0 Å². The molecule has 0 atom stereocenters. The van der Waals surface area contributed by atoms with E-state index < -0.39 is 11.6 Å². The molecule has 0 N–H and O–H groups in total. The number of hydrogen-bond acceptors (Lipinski definition) is 4. The van der Waals surface area contributed by atoms with E-state index in [-0.39, 0.29) is 30.3 Å². The van der Waals surface area contributed by atoms with Crippen molar-refractivity contribution in [3.8, 4) is 0 Å². The van der Waals surface area contributed by atoms with Crippen LogP contribution in [0.2, 0.25) is 0 Å². The fourth-order valence-corrected chi connectivity index (χ4v) is 5.10. The van der Waals surface area contributed by atoms with Gasteiger partial charge in [-0.25, -0.2) is 13.8 Å². The van der Waals surface area contributed by atoms with Crippen LogP contribution in [0.1, 0.15) is 29.0 Å². The van der Waals surface area contributed by atoms with Crippen LogP contribution in [0.15, 0.2) is 97.3 Å². The highest BCUT2D eigenvalue weighted by molar-refractivity contribution is 7.22. The van der Waals surface area contributed by atoms with Crippen LogP contribution in [-0.2, 0) is 11.3 Å². The Bertz CT molecular complexity index is 1400. The Labute approximate surface area is 205 Å². The third-order valence-electron chi connectivity index (χ3n) is 5.78. The molecule has 1 amide bonds. The first-order valence-electron chi connectivity index (χ1n) is 11.1. The largest absolute Gasteiger partial charge is 0.284 e. The third kappa shape index (κ3) is 5.10. The summed E-state index contributed by atoms with van der Waals surface area (Å²) in [6.07, 6.45) is 3.52. The maximum Gasteiger partial charge on any atom is 0.230 e. The molecule has 5 aromatic rings. The van der Waals surface area contributed by atoms with E-state index in [0.29, 0.717) is 9.83 Å². The Kier molecular flexibility index (Phi) is 6.59. The number of carbonyl (C=O) groups is 1. The SMILES string of the molecule is O=C(CC(c1ccccc1)c1ccccc1)N(Cc1cccnc1)c1nc2c(F)cc(F)cc2s1. The summed E-state index contributed by atoms with van der Waals surface area (Å²) in [4.78, 5) is 23.9. The second-order valence-electron chi connectivity index (χ2n) is 8.15. The molecule has 0 spiro atoms. The lowest BCUT2D eigenvalue weighted by Crippen LogP contribution is -2.31. The highest BCUT2D eigenvalue weighted by Gasteiger charge is 2.26. The zero-order valence-electron chi connectivity index (χ0n) is 18.6. The number of rotatable bonds is 7. The van der Waals surface area contributed by atoms with Gasteiger partial charge < -0.3 is 0 Å². The van der Waals surface area contributed by atoms with Crippen molar-refractivity contribution in [1.82, 2.24) is 9.97 Å². The van der Waals surface area contributed by atoms with Crippen LogP contribution in [0.5, 0.6) is 0 Å². The number of nitrogens with zero attached hydrogens (tertiary/aromatic N) is 3. The van der Waals surface area contributed by atoms with E-state index in [1.54, 1.807) is 18.5 Å². The van der Waals surface area contributed by atoms with Gasteiger partial charge in [-0.1, -0.05) is 78.1 Å². The molecule has 2 heterocycles. The molecule has 3 aromatic carbocycles. The summed E-state index contributed by atoms with van der Waals surface area (Å²) in [5.41, 5.74) is 2.90. The van der Waals surface area contributed by atoms with Crippen LogP contribution < -0.4 is 4.90 Å². The summed E-state index contributed by atoms with van der Waals surface area (Å²) in [5, 5.41) is 0.318. The molecule has 5 rings (SSSR count). The van der Waals surface area contributed by atoms with Crippen LogP contribution in [0, 0.1) is 11.6 Å². The predicted molar refractivity (Wildman–Crippen MR) is 134 cm³/mol. The minimum Gasteiger partial charge on any atom is -0.284 e. The average Bonchev–Trinajstić information content (AvgIpc) is 3.31. The minimum absolute atomic E-state index is 0.0538. The zero-order chi connectivity index (χ0) is 24.2. The molecule has 0 unspecified atom stereocenters. The summed E-state index contributed by atoms with van der Waals surface area (Å²) >= 11 is 1.09. The lowest BCUT2D eigenvalue weighted by Gasteiger charge is -2.24. The highest BCUT2D eigenvalue weighted by Crippen LogP contribution is 2.34. The van der Waals surface area contributed by atoms with Crippen molar-refractivity contribution < 1.29 is 13.6 Å². The molecule has 0 fully saturated rings. The minimum atomic E-state index is -0.747. The van der Waals surface area contributed by atoms with E-state index >= 15 is 0 Å². The van der Waals surface area contributed by atoms with Gasteiger partial charge in [-0.3, -0.25) is 14.7 Å². The summed E-state index contributed by atoms with van der Waals surface area (Å²) in [5.74, 6) is -1.78. The second-order valence-corrected chi connectivity index (χ2v) is 9.16. The average molecular weight is 486 g/mol. The number of pyridine rings is 1. The summed E-state index contributed by atoms with van der Waals surface area (Å²) in [7, 11) is 0. The molecule has 2 aromatic heterocycles. The van der Waals surface area contributed by atoms with E-state index in [0.717, 1.165) is 34.1 Å². The Balaban J connectivity index is 1.54. The molecule has 174 valence electrons. The van der Waals surface area contributed by atoms with Crippen LogP contribution in [0.3, 0.4) is 0 Å². The predicted octanol–water partition coefficient (Wildman–Crippen LogP) is 6.72. The molecule has 4 nitrogen and oxygen atoms in total. The van der Waals surface area contributed by atoms with Crippen LogP contribution in [-0.4, -0.2) is 15.9 Å². The maximum absolute atomic E-state index is 14.4. The molecule has 0 bridgehead atoms. The first kappa shape index (κ1) is 22.8. The quantitative estimate of drug-likeness (QED) is 0.257. The lowest BCUT2D eigenvalue weighted by atomic mass is 9.88. The number of hydrogen-bond donors (Lipinski definition) is 0. The molecule has 0 saturated carbocycles. The first-order chi connectivity index (χ1) is 17.1. The molecule has 0 aliphatic rings. The Morgan fingerprint density at radius 3 is 2.23 bits per heavy atom. The molecule has 0 aliphatic carbocycles. The Morgan fingerprint density at radius 1 is 0.914 bits per heavy atom. The van der Waals surface area contributed by atoms with Gasteiger partial charge in [0.15, 0.2) is 10.9 Å². The lowest BCUT2D eigenvalue weighted by molar-refractivity contribution is -0.119. The first-order valence-corrected chi connectivity index (χ1v) is 11.9. The number of anilines is 1. The van der Waals surface area contributed by atoms with Crippen LogP contribution >= 0.6 is 11.3 Å². The maximum atomic E-state index is 14.4. The summed E-state index contributed by atoms with van der Waals surface area (Å²) in [6.45, 7) is 0.215. The van der Waals surface area contributed by atoms with Crippen LogP contribution in [0.4, 0.5) is 13.9 Å². The van der Waals surface area contributed by atoms with E-state index in [4.69, 9.17) is 0 Å². The van der Waals surface area contributed by atoms with Gasteiger partial charge in [-0.15, -0.1) is 0 Å². The molecule has 0 aliphatic heterocycles. The van der Waals surface area contributed by atoms with Crippen LogP contribution in [0.25, 0.3) is 10.2 Å². The van der Waals surface area contributed by atoms with Crippen molar-refractivity contribution in [2.24, 2.45) is 0 Å². The van der Waals surface area contributed by atoms with Gasteiger partial charge in [0.05, 0.1) is 11.2 Å². The molecule has 7 heteroatoms. The number of amides is 1. The van der Waals surface area contributed by atoms with E-state index in [1.807, 2.05) is 66.7 Å². The highest BCUT2D eigenvalue weighted by atomic mass is 32.1. The second kappa shape index (κ2) is 10.1. The van der Waals surface area contributed by atoms with Gasteiger partial charge in [0.2, 0.25) is 5.91 Å². The molecular weight excluding hydrogens is 464 g/mol. The van der Waals surface area contributed by atoms with Gasteiger partial charge in [0.1, 0.15) is 11.3 Å².